The Morgan fingerprint density at radius 1 is 1.03 bits per heavy atom. The van der Waals surface area contributed by atoms with Crippen LogP contribution < -0.4 is 11.1 Å². The lowest BCUT2D eigenvalue weighted by atomic mass is 10.0. The first-order chi connectivity index (χ1) is 15.5. The van der Waals surface area contributed by atoms with Gasteiger partial charge in [0, 0.05) is 17.7 Å². The van der Waals surface area contributed by atoms with E-state index < -0.39 is 11.8 Å². The Kier molecular flexibility index (Phi) is 5.98. The van der Waals surface area contributed by atoms with Crippen molar-refractivity contribution in [3.05, 3.63) is 94.5 Å². The third kappa shape index (κ3) is 4.52. The van der Waals surface area contributed by atoms with Gasteiger partial charge in [-0.1, -0.05) is 54.6 Å². The number of aldehydes is 1. The Balaban J connectivity index is 1.52. The minimum Gasteiger partial charge on any atom is -0.465 e. The maximum atomic E-state index is 12.1. The average molecular weight is 428 g/mol. The highest BCUT2D eigenvalue weighted by atomic mass is 16.4. The number of nitrogens with one attached hydrogen (secondary N) is 1. The number of hydrogen-bond acceptors (Lipinski definition) is 4. The molecule has 0 fully saturated rings. The molecule has 0 aliphatic rings. The van der Waals surface area contributed by atoms with Crippen molar-refractivity contribution in [1.82, 2.24) is 4.57 Å². The van der Waals surface area contributed by atoms with Crippen LogP contribution in [0.15, 0.2) is 82.0 Å². The van der Waals surface area contributed by atoms with Crippen LogP contribution in [0.1, 0.15) is 22.3 Å². The fourth-order valence-corrected chi connectivity index (χ4v) is 3.54. The van der Waals surface area contributed by atoms with E-state index in [1.54, 1.807) is 24.3 Å². The van der Waals surface area contributed by atoms with Gasteiger partial charge in [-0.3, -0.25) is 14.7 Å². The molecule has 160 valence electrons. The zero-order valence-corrected chi connectivity index (χ0v) is 17.0. The fraction of sp³-hybridized carbons (Fsp3) is 0.0800. The topological polar surface area (TPSA) is 102 Å². The van der Waals surface area contributed by atoms with Gasteiger partial charge in [0.15, 0.2) is 5.58 Å². The van der Waals surface area contributed by atoms with Gasteiger partial charge in [-0.15, -0.1) is 0 Å². The summed E-state index contributed by atoms with van der Waals surface area (Å²) in [7, 11) is 0. The molecular formula is C25H20N2O5. The van der Waals surface area contributed by atoms with E-state index in [1.165, 1.54) is 4.57 Å². The minimum atomic E-state index is -1.13. The molecule has 4 rings (SSSR count). The molecule has 0 saturated carbocycles. The molecule has 2 N–H and O–H groups in total. The molecule has 7 nitrogen and oxygen atoms in total. The maximum absolute atomic E-state index is 12.1. The molecule has 1 heterocycles. The van der Waals surface area contributed by atoms with Crippen molar-refractivity contribution in [3.63, 3.8) is 0 Å². The highest BCUT2D eigenvalue weighted by Gasteiger charge is 2.10. The van der Waals surface area contributed by atoms with E-state index in [0.29, 0.717) is 41.6 Å². The largest absolute Gasteiger partial charge is 0.465 e. The molecule has 0 unspecified atom stereocenters. The highest BCUT2D eigenvalue weighted by Crippen LogP contribution is 2.29. The van der Waals surface area contributed by atoms with Gasteiger partial charge in [0.05, 0.1) is 11.2 Å². The van der Waals surface area contributed by atoms with Crippen LogP contribution in [0.3, 0.4) is 0 Å². The van der Waals surface area contributed by atoms with E-state index in [2.05, 4.69) is 5.32 Å². The number of hydrogen-bond donors (Lipinski definition) is 2. The van der Waals surface area contributed by atoms with Crippen LogP contribution in [0.2, 0.25) is 0 Å². The normalized spacial score (nSPS) is 11.1. The summed E-state index contributed by atoms with van der Waals surface area (Å²) < 4.78 is 6.74. The Bertz CT molecular complexity index is 1370. The van der Waals surface area contributed by atoms with Crippen molar-refractivity contribution in [2.45, 2.75) is 13.0 Å². The molecule has 0 spiro atoms. The van der Waals surface area contributed by atoms with Gasteiger partial charge in [-0.2, -0.15) is 0 Å². The molecule has 32 heavy (non-hydrogen) atoms. The number of rotatable bonds is 7. The van der Waals surface area contributed by atoms with E-state index >= 15 is 0 Å². The Labute approximate surface area is 183 Å². The summed E-state index contributed by atoms with van der Waals surface area (Å²) in [5.74, 6) is -0.475. The van der Waals surface area contributed by atoms with Crippen LogP contribution in [0.25, 0.3) is 28.3 Å². The maximum Gasteiger partial charge on any atom is 0.419 e. The first kappa shape index (κ1) is 20.9. The van der Waals surface area contributed by atoms with Gasteiger partial charge >= 0.3 is 11.8 Å². The van der Waals surface area contributed by atoms with Crippen molar-refractivity contribution in [2.75, 3.05) is 5.32 Å². The summed E-state index contributed by atoms with van der Waals surface area (Å²) in [5, 5.41) is 11.7. The van der Waals surface area contributed by atoms with Crippen molar-refractivity contribution in [2.24, 2.45) is 0 Å². The first-order valence-corrected chi connectivity index (χ1v) is 9.99. The number of carboxylic acid groups (broad SMARTS) is 1. The molecular weight excluding hydrogens is 408 g/mol. The molecule has 4 aromatic rings. The molecule has 7 heteroatoms. The summed E-state index contributed by atoms with van der Waals surface area (Å²) in [6.07, 6.45) is 3.92. The zero-order valence-electron chi connectivity index (χ0n) is 17.0. The molecule has 3 aromatic carbocycles. The molecule has 0 atom stereocenters. The number of benzene rings is 3. The SMILES string of the molecule is O=Cc1ccc2c(c1)oc(=O)n2CC/C=C/c1ccc(-c2ccccc2)c(NC(=O)O)c1. The second kappa shape index (κ2) is 9.18. The molecule has 0 bridgehead atoms. The second-order valence-corrected chi connectivity index (χ2v) is 7.16. The van der Waals surface area contributed by atoms with Gasteiger partial charge in [0.2, 0.25) is 0 Å². The van der Waals surface area contributed by atoms with E-state index in [4.69, 9.17) is 4.42 Å². The number of carbonyl (C=O) groups is 2. The molecule has 0 saturated heterocycles. The fourth-order valence-electron chi connectivity index (χ4n) is 3.54. The predicted molar refractivity (Wildman–Crippen MR) is 123 cm³/mol. The number of fused-ring (bicyclic) bond motifs is 1. The number of amides is 1. The number of anilines is 1. The Morgan fingerprint density at radius 2 is 1.81 bits per heavy atom. The van der Waals surface area contributed by atoms with Crippen LogP contribution >= 0.6 is 0 Å². The van der Waals surface area contributed by atoms with Gasteiger partial charge < -0.3 is 9.52 Å². The van der Waals surface area contributed by atoms with Crippen LogP contribution in [-0.4, -0.2) is 22.1 Å². The van der Waals surface area contributed by atoms with Crippen LogP contribution in [0.4, 0.5) is 10.5 Å². The van der Waals surface area contributed by atoms with Gasteiger partial charge in [-0.25, -0.2) is 9.59 Å². The second-order valence-electron chi connectivity index (χ2n) is 7.16. The number of aromatic nitrogens is 1. The van der Waals surface area contributed by atoms with E-state index in [1.807, 2.05) is 54.6 Å². The average Bonchev–Trinajstić information content (AvgIpc) is 3.11. The lowest BCUT2D eigenvalue weighted by Crippen LogP contribution is -2.13. The van der Waals surface area contributed by atoms with Gasteiger partial charge in [0.25, 0.3) is 0 Å². The summed E-state index contributed by atoms with van der Waals surface area (Å²) in [5.41, 5.74) is 4.48. The number of carbonyl (C=O) groups excluding carboxylic acids is 1. The molecule has 1 aromatic heterocycles. The van der Waals surface area contributed by atoms with Crippen molar-refractivity contribution in [1.29, 1.82) is 0 Å². The monoisotopic (exact) mass is 428 g/mol. The Morgan fingerprint density at radius 3 is 2.56 bits per heavy atom. The number of allylic oxidation sites excluding steroid dienone is 1. The standard InChI is InChI=1S/C25H20N2O5/c28-16-18-10-12-22-23(15-18)32-25(31)27(22)13-5-4-6-17-9-11-20(19-7-2-1-3-8-19)21(14-17)26-24(29)30/h1-4,6-12,14-16,26H,5,13H2,(H,29,30)/b6-4+. The smallest absolute Gasteiger partial charge is 0.419 e. The molecule has 0 aliphatic carbocycles. The summed E-state index contributed by atoms with van der Waals surface area (Å²) >= 11 is 0. The Hall–Kier alpha value is -4.39. The predicted octanol–water partition coefficient (Wildman–Crippen LogP) is 5.27. The lowest BCUT2D eigenvalue weighted by molar-refractivity contribution is 0.112. The van der Waals surface area contributed by atoms with E-state index in [0.717, 1.165) is 16.7 Å². The van der Waals surface area contributed by atoms with Gasteiger partial charge in [0.1, 0.15) is 6.29 Å². The third-order valence-electron chi connectivity index (χ3n) is 5.03. The minimum absolute atomic E-state index is 0.379. The summed E-state index contributed by atoms with van der Waals surface area (Å²) in [6, 6.07) is 20.0. The third-order valence-corrected chi connectivity index (χ3v) is 5.03. The molecule has 0 radical (unpaired) electrons. The van der Waals surface area contributed by atoms with Gasteiger partial charge in [-0.05, 0) is 41.8 Å². The number of oxazole rings is 1. The van der Waals surface area contributed by atoms with Crippen molar-refractivity contribution < 1.29 is 19.1 Å². The van der Waals surface area contributed by atoms with Crippen molar-refractivity contribution >= 4 is 35.2 Å². The summed E-state index contributed by atoms with van der Waals surface area (Å²) in [4.78, 5) is 34.3. The first-order valence-electron chi connectivity index (χ1n) is 9.99. The number of nitrogens with zero attached hydrogens (tertiary/aromatic N) is 1. The summed E-state index contributed by atoms with van der Waals surface area (Å²) in [6.45, 7) is 0.408. The van der Waals surface area contributed by atoms with Crippen LogP contribution in [0, 0.1) is 0 Å². The molecule has 0 aliphatic heterocycles. The lowest BCUT2D eigenvalue weighted by Gasteiger charge is -2.10. The van der Waals surface area contributed by atoms with E-state index in [-0.39, 0.29) is 0 Å². The van der Waals surface area contributed by atoms with E-state index in [9.17, 15) is 19.5 Å². The number of aryl methyl sites for hydroxylation is 1. The van der Waals surface area contributed by atoms with Crippen LogP contribution in [-0.2, 0) is 6.54 Å². The molecule has 1 amide bonds. The zero-order chi connectivity index (χ0) is 22.5. The van der Waals surface area contributed by atoms with Crippen molar-refractivity contribution in [3.8, 4) is 11.1 Å². The van der Waals surface area contributed by atoms with Crippen LogP contribution in [0.5, 0.6) is 0 Å². The quantitative estimate of drug-likeness (QED) is 0.391. The highest BCUT2D eigenvalue weighted by molar-refractivity contribution is 5.91.